The van der Waals surface area contributed by atoms with Gasteiger partial charge in [0.2, 0.25) is 0 Å². The van der Waals surface area contributed by atoms with Crippen molar-refractivity contribution in [2.24, 2.45) is 16.3 Å². The predicted molar refractivity (Wildman–Crippen MR) is 117 cm³/mol. The smallest absolute Gasteiger partial charge is 0.191 e. The molecule has 148 valence electrons. The van der Waals surface area contributed by atoms with Crippen LogP contribution in [0.3, 0.4) is 0 Å². The lowest BCUT2D eigenvalue weighted by Gasteiger charge is -2.40. The van der Waals surface area contributed by atoms with Gasteiger partial charge >= 0.3 is 0 Å². The first-order valence-electron chi connectivity index (χ1n) is 9.79. The normalized spacial score (nSPS) is 26.0. The lowest BCUT2D eigenvalue weighted by Crippen LogP contribution is -2.48. The van der Waals surface area contributed by atoms with Crippen LogP contribution in [0, 0.1) is 11.3 Å². The Balaban J connectivity index is 0.00000312. The molecule has 2 fully saturated rings. The van der Waals surface area contributed by atoms with Crippen molar-refractivity contribution in [1.29, 1.82) is 0 Å². The SMILES string of the molecule is CN=C(NCCN1CCCCC1)NCC1CCCOC1C(C)(C)C.I. The van der Waals surface area contributed by atoms with Crippen molar-refractivity contribution in [1.82, 2.24) is 15.5 Å². The summed E-state index contributed by atoms with van der Waals surface area (Å²) in [5, 5.41) is 6.99. The van der Waals surface area contributed by atoms with E-state index in [9.17, 15) is 0 Å². The fourth-order valence-electron chi connectivity index (χ4n) is 3.97. The molecule has 2 unspecified atom stereocenters. The molecule has 0 aromatic rings. The van der Waals surface area contributed by atoms with E-state index in [0.717, 1.165) is 32.2 Å². The molecule has 0 bridgehead atoms. The van der Waals surface area contributed by atoms with Gasteiger partial charge in [0.15, 0.2) is 5.96 Å². The van der Waals surface area contributed by atoms with E-state index in [4.69, 9.17) is 4.74 Å². The van der Waals surface area contributed by atoms with Crippen LogP contribution >= 0.6 is 24.0 Å². The van der Waals surface area contributed by atoms with E-state index in [1.54, 1.807) is 0 Å². The van der Waals surface area contributed by atoms with Crippen molar-refractivity contribution in [3.8, 4) is 0 Å². The Bertz CT molecular complexity index is 391. The van der Waals surface area contributed by atoms with Gasteiger partial charge in [0.25, 0.3) is 0 Å². The van der Waals surface area contributed by atoms with E-state index < -0.39 is 0 Å². The molecule has 0 aromatic carbocycles. The summed E-state index contributed by atoms with van der Waals surface area (Å²) in [7, 11) is 1.86. The monoisotopic (exact) mass is 466 g/mol. The third-order valence-electron chi connectivity index (χ3n) is 5.22. The highest BCUT2D eigenvalue weighted by molar-refractivity contribution is 14.0. The van der Waals surface area contributed by atoms with Gasteiger partial charge in [0.05, 0.1) is 6.10 Å². The van der Waals surface area contributed by atoms with Crippen LogP contribution in [0.15, 0.2) is 4.99 Å². The zero-order valence-electron chi connectivity index (χ0n) is 16.6. The van der Waals surface area contributed by atoms with Gasteiger partial charge in [-0.3, -0.25) is 4.99 Å². The number of nitrogens with zero attached hydrogens (tertiary/aromatic N) is 2. The highest BCUT2D eigenvalue weighted by Gasteiger charge is 2.35. The van der Waals surface area contributed by atoms with E-state index in [1.165, 1.54) is 45.2 Å². The number of hydrogen-bond acceptors (Lipinski definition) is 3. The van der Waals surface area contributed by atoms with E-state index in [0.29, 0.717) is 12.0 Å². The van der Waals surface area contributed by atoms with Crippen LogP contribution in [0.5, 0.6) is 0 Å². The molecular weight excluding hydrogens is 427 g/mol. The fourth-order valence-corrected chi connectivity index (χ4v) is 3.97. The summed E-state index contributed by atoms with van der Waals surface area (Å²) >= 11 is 0. The number of hydrogen-bond donors (Lipinski definition) is 2. The molecule has 2 rings (SSSR count). The molecule has 0 spiro atoms. The zero-order chi connectivity index (χ0) is 17.4. The maximum atomic E-state index is 6.07. The molecule has 2 aliphatic heterocycles. The Hall–Kier alpha value is -0.0800. The maximum Gasteiger partial charge on any atom is 0.191 e. The first kappa shape index (κ1) is 23.0. The van der Waals surface area contributed by atoms with Gasteiger partial charge < -0.3 is 20.3 Å². The first-order valence-corrected chi connectivity index (χ1v) is 9.79. The molecule has 2 N–H and O–H groups in total. The molecular formula is C19H39IN4O. The van der Waals surface area contributed by atoms with Crippen LogP contribution in [-0.4, -0.2) is 63.3 Å². The Kier molecular flexibility index (Phi) is 10.6. The zero-order valence-corrected chi connectivity index (χ0v) is 19.0. The summed E-state index contributed by atoms with van der Waals surface area (Å²) < 4.78 is 6.07. The minimum absolute atomic E-state index is 0. The van der Waals surface area contributed by atoms with Gasteiger partial charge in [-0.15, -0.1) is 24.0 Å². The number of halogens is 1. The van der Waals surface area contributed by atoms with Crippen molar-refractivity contribution in [3.05, 3.63) is 0 Å². The Morgan fingerprint density at radius 2 is 1.84 bits per heavy atom. The average Bonchev–Trinajstić information content (AvgIpc) is 2.58. The topological polar surface area (TPSA) is 48.9 Å². The van der Waals surface area contributed by atoms with Gasteiger partial charge in [0, 0.05) is 39.2 Å². The predicted octanol–water partition coefficient (Wildman–Crippen LogP) is 3.10. The van der Waals surface area contributed by atoms with Crippen molar-refractivity contribution in [2.45, 2.75) is 59.0 Å². The number of nitrogens with one attached hydrogen (secondary N) is 2. The summed E-state index contributed by atoms with van der Waals surface area (Å²) in [5.41, 5.74) is 0.192. The molecule has 0 aromatic heterocycles. The molecule has 0 radical (unpaired) electrons. The van der Waals surface area contributed by atoms with Crippen LogP contribution in [-0.2, 0) is 4.74 Å². The molecule has 0 amide bonds. The molecule has 5 nitrogen and oxygen atoms in total. The third kappa shape index (κ3) is 7.99. The number of guanidine groups is 1. The minimum atomic E-state index is 0. The summed E-state index contributed by atoms with van der Waals surface area (Å²) in [6, 6.07) is 0. The molecule has 2 atom stereocenters. The molecule has 0 aliphatic carbocycles. The second-order valence-corrected chi connectivity index (χ2v) is 8.34. The Labute approximate surface area is 171 Å². The molecule has 2 saturated heterocycles. The van der Waals surface area contributed by atoms with E-state index in [-0.39, 0.29) is 29.4 Å². The van der Waals surface area contributed by atoms with E-state index in [1.807, 2.05) is 7.05 Å². The minimum Gasteiger partial charge on any atom is -0.377 e. The average molecular weight is 466 g/mol. The highest BCUT2D eigenvalue weighted by atomic mass is 127. The van der Waals surface area contributed by atoms with E-state index in [2.05, 4.69) is 41.3 Å². The van der Waals surface area contributed by atoms with Crippen molar-refractivity contribution in [2.75, 3.05) is 46.4 Å². The molecule has 2 aliphatic rings. The highest BCUT2D eigenvalue weighted by Crippen LogP contribution is 2.33. The van der Waals surface area contributed by atoms with Crippen LogP contribution in [0.1, 0.15) is 52.9 Å². The molecule has 6 heteroatoms. The summed E-state index contributed by atoms with van der Waals surface area (Å²) in [5.74, 6) is 1.48. The standard InChI is InChI=1S/C19H38N4O.HI/c1-19(2,3)17-16(9-8-14-24-17)15-22-18(20-4)21-10-13-23-11-6-5-7-12-23;/h16-17H,5-15H2,1-4H3,(H2,20,21,22);1H. The van der Waals surface area contributed by atoms with Gasteiger partial charge in [-0.2, -0.15) is 0 Å². The van der Waals surface area contributed by atoms with Crippen LogP contribution in [0.25, 0.3) is 0 Å². The fraction of sp³-hybridized carbons (Fsp3) is 0.947. The van der Waals surface area contributed by atoms with Crippen molar-refractivity contribution in [3.63, 3.8) is 0 Å². The lowest BCUT2D eigenvalue weighted by atomic mass is 9.78. The summed E-state index contributed by atoms with van der Waals surface area (Å²) in [6.45, 7) is 13.2. The summed E-state index contributed by atoms with van der Waals surface area (Å²) in [6.07, 6.45) is 6.82. The van der Waals surface area contributed by atoms with Crippen LogP contribution < -0.4 is 10.6 Å². The van der Waals surface area contributed by atoms with Crippen molar-refractivity contribution >= 4 is 29.9 Å². The van der Waals surface area contributed by atoms with Gasteiger partial charge in [-0.25, -0.2) is 0 Å². The summed E-state index contributed by atoms with van der Waals surface area (Å²) in [4.78, 5) is 6.93. The quantitative estimate of drug-likeness (QED) is 0.372. The number of ether oxygens (including phenoxy) is 1. The van der Waals surface area contributed by atoms with Gasteiger partial charge in [-0.05, 0) is 44.2 Å². The van der Waals surface area contributed by atoms with Crippen LogP contribution in [0.4, 0.5) is 0 Å². The van der Waals surface area contributed by atoms with Crippen molar-refractivity contribution < 1.29 is 4.74 Å². The van der Waals surface area contributed by atoms with Gasteiger partial charge in [0.1, 0.15) is 0 Å². The van der Waals surface area contributed by atoms with E-state index >= 15 is 0 Å². The Morgan fingerprint density at radius 3 is 2.48 bits per heavy atom. The maximum absolute atomic E-state index is 6.07. The first-order chi connectivity index (χ1) is 11.5. The number of rotatable bonds is 5. The number of aliphatic imine (C=N–C) groups is 1. The largest absolute Gasteiger partial charge is 0.377 e. The third-order valence-corrected chi connectivity index (χ3v) is 5.22. The molecule has 2 heterocycles. The second kappa shape index (κ2) is 11.6. The number of piperidine rings is 1. The number of likely N-dealkylation sites (tertiary alicyclic amines) is 1. The molecule has 25 heavy (non-hydrogen) atoms. The second-order valence-electron chi connectivity index (χ2n) is 8.34. The molecule has 0 saturated carbocycles. The lowest BCUT2D eigenvalue weighted by molar-refractivity contribution is -0.0835. The Morgan fingerprint density at radius 1 is 1.12 bits per heavy atom. The van der Waals surface area contributed by atoms with Gasteiger partial charge in [-0.1, -0.05) is 27.2 Å². The van der Waals surface area contributed by atoms with Crippen LogP contribution in [0.2, 0.25) is 0 Å².